The molecule has 2 aliphatic heterocycles. The van der Waals surface area contributed by atoms with E-state index in [1.807, 2.05) is 0 Å². The summed E-state index contributed by atoms with van der Waals surface area (Å²) in [5.41, 5.74) is 0. The smallest absolute Gasteiger partial charge is 0.226 e. The van der Waals surface area contributed by atoms with Gasteiger partial charge in [-0.25, -0.2) is 0 Å². The monoisotopic (exact) mass is 276 g/mol. The van der Waals surface area contributed by atoms with Gasteiger partial charge in [0.2, 0.25) is 5.91 Å². The van der Waals surface area contributed by atoms with Crippen molar-refractivity contribution < 1.29 is 4.79 Å². The highest BCUT2D eigenvalue weighted by Gasteiger charge is 2.40. The number of likely N-dealkylation sites (N-methyl/N-ethyl adjacent to an activating group) is 1. The van der Waals surface area contributed by atoms with E-state index in [1.54, 1.807) is 0 Å². The molecule has 0 N–H and O–H groups in total. The van der Waals surface area contributed by atoms with Crippen molar-refractivity contribution in [1.82, 2.24) is 9.80 Å². The van der Waals surface area contributed by atoms with Gasteiger partial charge in [-0.05, 0) is 58.0 Å². The molecule has 3 rings (SSSR count). The largest absolute Gasteiger partial charge is 0.338 e. The summed E-state index contributed by atoms with van der Waals surface area (Å²) in [6, 6.07) is 1.13. The molecule has 3 nitrogen and oxygen atoms in total. The number of allylic oxidation sites excluding steroid dienone is 2. The Labute approximate surface area is 123 Å². The van der Waals surface area contributed by atoms with Crippen molar-refractivity contribution in [3.8, 4) is 0 Å². The fourth-order valence-corrected chi connectivity index (χ4v) is 4.40. The Kier molecular flexibility index (Phi) is 4.45. The van der Waals surface area contributed by atoms with Crippen LogP contribution in [0.15, 0.2) is 12.2 Å². The zero-order valence-electron chi connectivity index (χ0n) is 12.8. The van der Waals surface area contributed by atoms with Gasteiger partial charge in [0, 0.05) is 24.5 Å². The topological polar surface area (TPSA) is 23.6 Å². The maximum Gasteiger partial charge on any atom is 0.226 e. The molecule has 0 saturated carbocycles. The second-order valence-corrected chi connectivity index (χ2v) is 6.56. The fourth-order valence-electron chi connectivity index (χ4n) is 4.40. The van der Waals surface area contributed by atoms with E-state index in [9.17, 15) is 4.79 Å². The number of amides is 1. The number of likely N-dealkylation sites (tertiary alicyclic amines) is 2. The van der Waals surface area contributed by atoms with Gasteiger partial charge in [-0.2, -0.15) is 0 Å². The zero-order chi connectivity index (χ0) is 13.9. The Hall–Kier alpha value is -0.830. The lowest BCUT2D eigenvalue weighted by Gasteiger charge is -2.36. The minimum absolute atomic E-state index is 0.261. The highest BCUT2D eigenvalue weighted by atomic mass is 16.2. The van der Waals surface area contributed by atoms with Crippen molar-refractivity contribution in [2.75, 3.05) is 19.6 Å². The lowest BCUT2D eigenvalue weighted by molar-refractivity contribution is -0.137. The van der Waals surface area contributed by atoms with E-state index in [0.29, 0.717) is 18.0 Å². The molecule has 2 fully saturated rings. The van der Waals surface area contributed by atoms with E-state index in [0.717, 1.165) is 32.4 Å². The van der Waals surface area contributed by atoms with E-state index in [1.165, 1.54) is 32.2 Å². The molecule has 20 heavy (non-hydrogen) atoms. The first-order chi connectivity index (χ1) is 9.81. The van der Waals surface area contributed by atoms with Crippen molar-refractivity contribution in [2.45, 2.75) is 64.0 Å². The van der Waals surface area contributed by atoms with Crippen LogP contribution < -0.4 is 0 Å². The molecule has 112 valence electrons. The second-order valence-electron chi connectivity index (χ2n) is 6.56. The number of rotatable bonds is 3. The van der Waals surface area contributed by atoms with E-state index in [4.69, 9.17) is 0 Å². The summed E-state index contributed by atoms with van der Waals surface area (Å²) in [5, 5.41) is 0. The predicted molar refractivity (Wildman–Crippen MR) is 81.5 cm³/mol. The molecular weight excluding hydrogens is 248 g/mol. The van der Waals surface area contributed by atoms with Crippen LogP contribution in [0.1, 0.15) is 51.9 Å². The van der Waals surface area contributed by atoms with Crippen molar-refractivity contribution in [2.24, 2.45) is 5.92 Å². The van der Waals surface area contributed by atoms with Crippen molar-refractivity contribution in [3.63, 3.8) is 0 Å². The van der Waals surface area contributed by atoms with Crippen LogP contribution >= 0.6 is 0 Å². The Morgan fingerprint density at radius 1 is 1.10 bits per heavy atom. The minimum atomic E-state index is 0.261. The first kappa shape index (κ1) is 14.1. The molecule has 2 saturated heterocycles. The molecule has 0 unspecified atom stereocenters. The summed E-state index contributed by atoms with van der Waals surface area (Å²) in [5.74, 6) is 0.705. The number of hydrogen-bond donors (Lipinski definition) is 0. The third-order valence-corrected chi connectivity index (χ3v) is 5.47. The third kappa shape index (κ3) is 2.65. The normalized spacial score (nSPS) is 34.9. The summed E-state index contributed by atoms with van der Waals surface area (Å²) in [6.07, 6.45) is 12.5. The van der Waals surface area contributed by atoms with Gasteiger partial charge >= 0.3 is 0 Å². The molecular formula is C17H28N2O. The lowest BCUT2D eigenvalue weighted by Crippen LogP contribution is -2.49. The summed E-state index contributed by atoms with van der Waals surface area (Å²) in [7, 11) is 0. The lowest BCUT2D eigenvalue weighted by atomic mass is 9.92. The number of hydrogen-bond acceptors (Lipinski definition) is 2. The van der Waals surface area contributed by atoms with Crippen molar-refractivity contribution in [1.29, 1.82) is 0 Å². The Morgan fingerprint density at radius 2 is 1.90 bits per heavy atom. The summed E-state index contributed by atoms with van der Waals surface area (Å²) >= 11 is 0. The highest BCUT2D eigenvalue weighted by Crippen LogP contribution is 2.32. The summed E-state index contributed by atoms with van der Waals surface area (Å²) in [4.78, 5) is 17.7. The van der Waals surface area contributed by atoms with Crippen LogP contribution in [0.3, 0.4) is 0 Å². The second kappa shape index (κ2) is 6.30. The fraction of sp³-hybridized carbons (Fsp3) is 0.824. The molecule has 1 aliphatic carbocycles. The van der Waals surface area contributed by atoms with Crippen LogP contribution in [0.2, 0.25) is 0 Å². The summed E-state index contributed by atoms with van der Waals surface area (Å²) < 4.78 is 0. The van der Waals surface area contributed by atoms with Crippen molar-refractivity contribution >= 4 is 5.91 Å². The van der Waals surface area contributed by atoms with Crippen molar-refractivity contribution in [3.05, 3.63) is 12.2 Å². The van der Waals surface area contributed by atoms with E-state index in [-0.39, 0.29) is 5.92 Å². The van der Waals surface area contributed by atoms with Gasteiger partial charge < -0.3 is 4.90 Å². The summed E-state index contributed by atoms with van der Waals surface area (Å²) in [6.45, 7) is 5.62. The molecule has 0 aromatic carbocycles. The first-order valence-corrected chi connectivity index (χ1v) is 8.50. The molecule has 0 radical (unpaired) electrons. The number of nitrogens with zero attached hydrogens (tertiary/aromatic N) is 2. The molecule has 2 heterocycles. The van der Waals surface area contributed by atoms with Crippen LogP contribution in [0.25, 0.3) is 0 Å². The molecule has 1 amide bonds. The van der Waals surface area contributed by atoms with Crippen LogP contribution in [0.4, 0.5) is 0 Å². The minimum Gasteiger partial charge on any atom is -0.338 e. The maximum absolute atomic E-state index is 12.8. The molecule has 3 aliphatic rings. The van der Waals surface area contributed by atoms with Gasteiger partial charge in [-0.1, -0.05) is 19.1 Å². The van der Waals surface area contributed by atoms with Gasteiger partial charge in [0.1, 0.15) is 0 Å². The van der Waals surface area contributed by atoms with Gasteiger partial charge in [0.25, 0.3) is 0 Å². The van der Waals surface area contributed by atoms with Crippen LogP contribution in [0.5, 0.6) is 0 Å². The van der Waals surface area contributed by atoms with E-state index >= 15 is 0 Å². The standard InChI is InChI=1S/C17H28N2O/c1-2-18-12-6-10-15(18)16-11-7-13-19(16)17(20)14-8-4-3-5-9-14/h3-4,14-16H,2,5-13H2,1H3/t14-,15-,16-/m1/s1. The molecule has 0 aromatic heterocycles. The zero-order valence-corrected chi connectivity index (χ0v) is 12.8. The maximum atomic E-state index is 12.8. The van der Waals surface area contributed by atoms with E-state index < -0.39 is 0 Å². The quantitative estimate of drug-likeness (QED) is 0.740. The predicted octanol–water partition coefficient (Wildman–Crippen LogP) is 2.82. The van der Waals surface area contributed by atoms with Crippen LogP contribution in [-0.4, -0.2) is 47.4 Å². The average molecular weight is 276 g/mol. The third-order valence-electron chi connectivity index (χ3n) is 5.47. The van der Waals surface area contributed by atoms with Gasteiger partial charge in [-0.3, -0.25) is 9.69 Å². The SMILES string of the molecule is CCN1CCC[C@@H]1[C@H]1CCCN1C(=O)[C@@H]1CC=CCC1. The first-order valence-electron chi connectivity index (χ1n) is 8.50. The Morgan fingerprint density at radius 3 is 2.65 bits per heavy atom. The molecule has 0 bridgehead atoms. The van der Waals surface area contributed by atoms with Gasteiger partial charge in [-0.15, -0.1) is 0 Å². The molecule has 3 heteroatoms. The average Bonchev–Trinajstić information content (AvgIpc) is 3.15. The molecule has 0 aromatic rings. The molecule has 0 spiro atoms. The van der Waals surface area contributed by atoms with Gasteiger partial charge in [0.05, 0.1) is 0 Å². The Balaban J connectivity index is 1.68. The Bertz CT molecular complexity index is 379. The number of carbonyl (C=O) groups excluding carboxylic acids is 1. The highest BCUT2D eigenvalue weighted by molar-refractivity contribution is 5.80. The van der Waals surface area contributed by atoms with Gasteiger partial charge in [0.15, 0.2) is 0 Å². The number of carbonyl (C=O) groups is 1. The van der Waals surface area contributed by atoms with Crippen LogP contribution in [-0.2, 0) is 4.79 Å². The van der Waals surface area contributed by atoms with Crippen LogP contribution in [0, 0.1) is 5.92 Å². The molecule has 3 atom stereocenters. The van der Waals surface area contributed by atoms with E-state index in [2.05, 4.69) is 28.9 Å².